The van der Waals surface area contributed by atoms with Gasteiger partial charge in [0.25, 0.3) is 0 Å². The summed E-state index contributed by atoms with van der Waals surface area (Å²) in [6, 6.07) is 0. The van der Waals surface area contributed by atoms with Crippen molar-refractivity contribution >= 4 is 40.3 Å². The van der Waals surface area contributed by atoms with E-state index in [0.717, 1.165) is 46.3 Å². The standard InChI is InChI=1S/C10H14N4O4.C5H9BrO.C5H6N4O3/c1-10(6-18-7-10)5-14-9(16)13(11-12-14)4-3-8(15)17-2;1-5(2-6)3-7-4-5;1-12-4(10)2-3-9-5(11)6-7-8-9/h3-4H,5-7H2,1-2H3;2-4H2,1H3;2-3H,1H3,(H,6,8,11)/b4-3+;;3-2+. The molecule has 0 aromatic carbocycles. The third-order valence-corrected chi connectivity index (χ3v) is 6.27. The predicted molar refractivity (Wildman–Crippen MR) is 131 cm³/mol. The minimum absolute atomic E-state index is 0.0727. The number of methoxy groups -OCH3 is 2. The third kappa shape index (κ3) is 9.18. The lowest BCUT2D eigenvalue weighted by molar-refractivity contribution is -0.135. The van der Waals surface area contributed by atoms with Gasteiger partial charge in [-0.15, -0.1) is 0 Å². The number of nitrogens with zero attached hydrogens (tertiary/aromatic N) is 7. The fourth-order valence-electron chi connectivity index (χ4n) is 2.61. The highest BCUT2D eigenvalue weighted by molar-refractivity contribution is 9.09. The van der Waals surface area contributed by atoms with E-state index in [-0.39, 0.29) is 5.41 Å². The predicted octanol–water partition coefficient (Wildman–Crippen LogP) is -0.852. The Kier molecular flexibility index (Phi) is 11.1. The summed E-state index contributed by atoms with van der Waals surface area (Å²) in [4.78, 5) is 44.0. The molecule has 2 aromatic rings. The molecule has 4 heterocycles. The van der Waals surface area contributed by atoms with Crippen molar-refractivity contribution in [1.29, 1.82) is 0 Å². The van der Waals surface area contributed by atoms with Gasteiger partial charge in [-0.3, -0.25) is 0 Å². The molecule has 16 nitrogen and oxygen atoms in total. The van der Waals surface area contributed by atoms with Crippen molar-refractivity contribution in [1.82, 2.24) is 40.0 Å². The van der Waals surface area contributed by atoms with Crippen molar-refractivity contribution in [2.24, 2.45) is 10.8 Å². The van der Waals surface area contributed by atoms with Crippen LogP contribution in [0.3, 0.4) is 0 Å². The van der Waals surface area contributed by atoms with Crippen LogP contribution in [0.25, 0.3) is 12.4 Å². The molecule has 37 heavy (non-hydrogen) atoms. The number of rotatable bonds is 7. The van der Waals surface area contributed by atoms with E-state index in [9.17, 15) is 19.2 Å². The molecule has 0 aliphatic carbocycles. The number of carbonyl (C=O) groups is 2. The molecule has 0 radical (unpaired) electrons. The highest BCUT2D eigenvalue weighted by atomic mass is 79.9. The molecule has 4 rings (SSSR count). The maximum Gasteiger partial charge on any atom is 0.367 e. The van der Waals surface area contributed by atoms with E-state index in [2.05, 4.69) is 58.3 Å². The van der Waals surface area contributed by atoms with Crippen LogP contribution in [0.4, 0.5) is 0 Å². The fourth-order valence-corrected chi connectivity index (χ4v) is 2.94. The minimum atomic E-state index is -0.565. The van der Waals surface area contributed by atoms with Crippen LogP contribution in [0.1, 0.15) is 13.8 Å². The van der Waals surface area contributed by atoms with Crippen molar-refractivity contribution in [3.8, 4) is 0 Å². The van der Waals surface area contributed by atoms with Crippen LogP contribution in [0.15, 0.2) is 21.7 Å². The minimum Gasteiger partial charge on any atom is -0.466 e. The monoisotopic (exact) mass is 588 g/mol. The van der Waals surface area contributed by atoms with Gasteiger partial charge in [0.2, 0.25) is 0 Å². The van der Waals surface area contributed by atoms with E-state index in [0.29, 0.717) is 25.2 Å². The van der Waals surface area contributed by atoms with Crippen molar-refractivity contribution in [3.05, 3.63) is 33.1 Å². The summed E-state index contributed by atoms with van der Waals surface area (Å²) in [5, 5.41) is 17.0. The fraction of sp³-hybridized carbons (Fsp3) is 0.600. The maximum atomic E-state index is 11.8. The average Bonchev–Trinajstić information content (AvgIpc) is 3.43. The van der Waals surface area contributed by atoms with Gasteiger partial charge in [-0.05, 0) is 20.9 Å². The van der Waals surface area contributed by atoms with Crippen LogP contribution in [-0.2, 0) is 35.1 Å². The van der Waals surface area contributed by atoms with Gasteiger partial charge in [0.1, 0.15) is 0 Å². The van der Waals surface area contributed by atoms with E-state index < -0.39 is 23.3 Å². The zero-order valence-corrected chi connectivity index (χ0v) is 22.4. The molecule has 0 atom stereocenters. The summed E-state index contributed by atoms with van der Waals surface area (Å²) in [6.07, 6.45) is 4.54. The molecular weight excluding hydrogens is 560 g/mol. The summed E-state index contributed by atoms with van der Waals surface area (Å²) in [5.74, 6) is -1.12. The van der Waals surface area contributed by atoms with Crippen LogP contribution in [-0.4, -0.2) is 97.9 Å². The SMILES string of the molecule is CC1(CBr)COC1.COC(=O)/C=C/n1nn[nH]c1=O.COC(=O)/C=C/n1nnn(CC2(C)COC2)c1=O. The van der Waals surface area contributed by atoms with E-state index in [4.69, 9.17) is 9.47 Å². The van der Waals surface area contributed by atoms with E-state index in [1.807, 2.05) is 6.92 Å². The highest BCUT2D eigenvalue weighted by Crippen LogP contribution is 2.28. The molecule has 2 aliphatic heterocycles. The number of esters is 2. The lowest BCUT2D eigenvalue weighted by Gasteiger charge is -2.37. The van der Waals surface area contributed by atoms with E-state index in [1.165, 1.54) is 25.1 Å². The van der Waals surface area contributed by atoms with E-state index in [1.54, 1.807) is 0 Å². The van der Waals surface area contributed by atoms with Crippen LogP contribution >= 0.6 is 15.9 Å². The molecule has 2 aliphatic rings. The Bertz CT molecular complexity index is 1200. The Balaban J connectivity index is 0.000000217. The van der Waals surface area contributed by atoms with Gasteiger partial charge in [-0.25, -0.2) is 24.3 Å². The van der Waals surface area contributed by atoms with Gasteiger partial charge in [0.15, 0.2) is 0 Å². The molecule has 2 fully saturated rings. The van der Waals surface area contributed by atoms with Crippen molar-refractivity contribution in [2.45, 2.75) is 20.4 Å². The molecule has 0 amide bonds. The normalized spacial score (nSPS) is 17.0. The first-order valence-corrected chi connectivity index (χ1v) is 11.9. The Morgan fingerprint density at radius 2 is 1.49 bits per heavy atom. The number of H-pyrrole nitrogens is 1. The second-order valence-corrected chi connectivity index (χ2v) is 9.29. The van der Waals surface area contributed by atoms with Crippen LogP contribution in [0.2, 0.25) is 0 Å². The number of alkyl halides is 1. The topological polar surface area (TPSA) is 187 Å². The van der Waals surface area contributed by atoms with Gasteiger partial charge in [0.05, 0.1) is 47.2 Å². The molecule has 17 heteroatoms. The summed E-state index contributed by atoms with van der Waals surface area (Å²) in [6.45, 7) is 7.72. The zero-order chi connectivity index (χ0) is 27.5. The largest absolute Gasteiger partial charge is 0.466 e. The van der Waals surface area contributed by atoms with E-state index >= 15 is 0 Å². The molecule has 0 bridgehead atoms. The highest BCUT2D eigenvalue weighted by Gasteiger charge is 2.35. The first kappa shape index (κ1) is 29.8. The number of aromatic nitrogens is 8. The number of ether oxygens (including phenoxy) is 4. The van der Waals surface area contributed by atoms with Crippen molar-refractivity contribution < 1.29 is 28.5 Å². The molecule has 0 saturated carbocycles. The summed E-state index contributed by atoms with van der Waals surface area (Å²) >= 11 is 3.40. The quantitative estimate of drug-likeness (QED) is 0.240. The zero-order valence-electron chi connectivity index (χ0n) is 20.8. The lowest BCUT2D eigenvalue weighted by Crippen LogP contribution is -2.45. The maximum absolute atomic E-state index is 11.8. The second kappa shape index (κ2) is 13.8. The third-order valence-electron chi connectivity index (χ3n) is 4.92. The summed E-state index contributed by atoms with van der Waals surface area (Å²) < 4.78 is 21.9. The molecule has 0 spiro atoms. The Labute approximate surface area is 219 Å². The molecule has 204 valence electrons. The van der Waals surface area contributed by atoms with Crippen LogP contribution < -0.4 is 11.4 Å². The first-order valence-electron chi connectivity index (χ1n) is 10.8. The number of tetrazole rings is 2. The smallest absolute Gasteiger partial charge is 0.367 e. The number of halogens is 1. The number of hydrogen-bond donors (Lipinski definition) is 1. The van der Waals surface area contributed by atoms with Crippen molar-refractivity contribution in [3.63, 3.8) is 0 Å². The van der Waals surface area contributed by atoms with Crippen LogP contribution in [0, 0.1) is 10.8 Å². The second-order valence-electron chi connectivity index (χ2n) is 8.73. The molecule has 1 N–H and O–H groups in total. The summed E-state index contributed by atoms with van der Waals surface area (Å²) in [7, 11) is 2.49. The number of nitrogens with one attached hydrogen (secondary N) is 1. The van der Waals surface area contributed by atoms with Gasteiger partial charge >= 0.3 is 23.3 Å². The Morgan fingerprint density at radius 3 is 1.86 bits per heavy atom. The van der Waals surface area contributed by atoms with Gasteiger partial charge in [0, 0.05) is 40.7 Å². The molecule has 2 aromatic heterocycles. The molecule has 2 saturated heterocycles. The van der Waals surface area contributed by atoms with Crippen molar-refractivity contribution in [2.75, 3.05) is 46.0 Å². The molecular formula is C20H29BrN8O8. The average molecular weight is 589 g/mol. The number of carbonyl (C=O) groups excluding carboxylic acids is 2. The Hall–Kier alpha value is -3.44. The summed E-state index contributed by atoms with van der Waals surface area (Å²) in [5.41, 5.74) is -0.532. The van der Waals surface area contributed by atoms with Gasteiger partial charge in [-0.2, -0.15) is 14.0 Å². The number of hydrogen-bond acceptors (Lipinski definition) is 12. The van der Waals surface area contributed by atoms with Gasteiger partial charge < -0.3 is 18.9 Å². The molecule has 0 unspecified atom stereocenters. The Morgan fingerprint density at radius 1 is 0.946 bits per heavy atom. The van der Waals surface area contributed by atoms with Crippen LogP contribution in [0.5, 0.6) is 0 Å². The first-order chi connectivity index (χ1) is 17.5. The van der Waals surface area contributed by atoms with Gasteiger partial charge in [-0.1, -0.05) is 29.8 Å². The number of aromatic amines is 1. The lowest BCUT2D eigenvalue weighted by atomic mass is 9.89.